The molecule has 0 spiro atoms. The van der Waals surface area contributed by atoms with Crippen molar-refractivity contribution in [3.8, 4) is 23.5 Å². The van der Waals surface area contributed by atoms with Gasteiger partial charge in [-0.2, -0.15) is 0 Å². The Balaban J connectivity index is 1.47. The van der Waals surface area contributed by atoms with Crippen molar-refractivity contribution >= 4 is 12.1 Å². The van der Waals surface area contributed by atoms with Gasteiger partial charge in [-0.05, 0) is 22.3 Å². The zero-order chi connectivity index (χ0) is 18.3. The highest BCUT2D eigenvalue weighted by Crippen LogP contribution is 2.44. The maximum atomic E-state index is 12.3. The lowest BCUT2D eigenvalue weighted by Crippen LogP contribution is -2.61. The second-order valence-electron chi connectivity index (χ2n) is 6.69. The minimum absolute atomic E-state index is 0.0183. The zero-order valence-corrected chi connectivity index (χ0v) is 14.0. The molecule has 1 amide bonds. The third-order valence-corrected chi connectivity index (χ3v) is 5.20. The van der Waals surface area contributed by atoms with Crippen molar-refractivity contribution in [3.63, 3.8) is 0 Å². The summed E-state index contributed by atoms with van der Waals surface area (Å²) in [6.07, 6.45) is 4.77. The van der Waals surface area contributed by atoms with Crippen LogP contribution in [0.25, 0.3) is 11.1 Å². The summed E-state index contributed by atoms with van der Waals surface area (Å²) >= 11 is 0. The largest absolute Gasteiger partial charge is 0.480 e. The van der Waals surface area contributed by atoms with Crippen molar-refractivity contribution < 1.29 is 19.4 Å². The van der Waals surface area contributed by atoms with Gasteiger partial charge in [-0.25, -0.2) is 4.79 Å². The van der Waals surface area contributed by atoms with E-state index in [0.717, 1.165) is 22.3 Å². The SMILES string of the molecule is C#CC1(C(=O)O)CN(C(=O)OCC2c3ccccc3-c3ccccc32)C1. The Labute approximate surface area is 151 Å². The molecule has 2 aromatic rings. The average Bonchev–Trinajstić information content (AvgIpc) is 2.93. The smallest absolute Gasteiger partial charge is 0.409 e. The lowest BCUT2D eigenvalue weighted by Gasteiger charge is -2.42. The highest BCUT2D eigenvalue weighted by molar-refractivity contribution is 5.84. The lowest BCUT2D eigenvalue weighted by atomic mass is 9.81. The quantitative estimate of drug-likeness (QED) is 0.867. The normalized spacial score (nSPS) is 16.8. The van der Waals surface area contributed by atoms with Gasteiger partial charge < -0.3 is 14.7 Å². The number of carbonyl (C=O) groups is 2. The number of hydrogen-bond acceptors (Lipinski definition) is 3. The number of benzene rings is 2. The molecule has 5 heteroatoms. The van der Waals surface area contributed by atoms with Gasteiger partial charge in [0, 0.05) is 5.92 Å². The average molecular weight is 347 g/mol. The Morgan fingerprint density at radius 1 is 1.12 bits per heavy atom. The number of fused-ring (bicyclic) bond motifs is 3. The van der Waals surface area contributed by atoms with Gasteiger partial charge in [0.05, 0.1) is 13.1 Å². The lowest BCUT2D eigenvalue weighted by molar-refractivity contribution is -0.152. The topological polar surface area (TPSA) is 66.8 Å². The molecule has 130 valence electrons. The van der Waals surface area contributed by atoms with Crippen LogP contribution in [0, 0.1) is 17.8 Å². The van der Waals surface area contributed by atoms with Gasteiger partial charge in [-0.1, -0.05) is 54.5 Å². The van der Waals surface area contributed by atoms with Crippen LogP contribution in [-0.2, 0) is 9.53 Å². The minimum atomic E-state index is -1.29. The first-order valence-electron chi connectivity index (χ1n) is 8.37. The van der Waals surface area contributed by atoms with Crippen molar-refractivity contribution in [3.05, 3.63) is 59.7 Å². The molecule has 0 bridgehead atoms. The van der Waals surface area contributed by atoms with Gasteiger partial charge in [0.1, 0.15) is 6.61 Å². The van der Waals surface area contributed by atoms with Crippen molar-refractivity contribution in [2.45, 2.75) is 5.92 Å². The number of nitrogens with zero attached hydrogens (tertiary/aromatic N) is 1. The van der Waals surface area contributed by atoms with Crippen LogP contribution in [0.3, 0.4) is 0 Å². The molecule has 1 saturated heterocycles. The van der Waals surface area contributed by atoms with E-state index in [-0.39, 0.29) is 25.6 Å². The van der Waals surface area contributed by atoms with Crippen LogP contribution in [-0.4, -0.2) is 41.8 Å². The number of ether oxygens (including phenoxy) is 1. The summed E-state index contributed by atoms with van der Waals surface area (Å²) in [4.78, 5) is 24.8. The number of likely N-dealkylation sites (tertiary alicyclic amines) is 1. The van der Waals surface area contributed by atoms with E-state index in [9.17, 15) is 14.7 Å². The number of terminal acetylenes is 1. The first-order chi connectivity index (χ1) is 12.6. The molecule has 1 aliphatic heterocycles. The molecular weight excluding hydrogens is 330 g/mol. The highest BCUT2D eigenvalue weighted by atomic mass is 16.6. The standard InChI is InChI=1S/C21H17NO4/c1-2-21(19(23)24)12-22(13-21)20(25)26-11-18-16-9-5-3-7-14(16)15-8-4-6-10-17(15)18/h1,3-10,18H,11-13H2,(H,23,24). The minimum Gasteiger partial charge on any atom is -0.480 e. The van der Waals surface area contributed by atoms with Gasteiger partial charge in [-0.3, -0.25) is 4.79 Å². The number of hydrogen-bond donors (Lipinski definition) is 1. The number of carbonyl (C=O) groups excluding carboxylic acids is 1. The molecule has 4 rings (SSSR count). The fourth-order valence-corrected chi connectivity index (χ4v) is 3.71. The van der Waals surface area contributed by atoms with E-state index in [1.807, 2.05) is 36.4 Å². The number of rotatable bonds is 3. The van der Waals surface area contributed by atoms with Crippen molar-refractivity contribution in [1.29, 1.82) is 0 Å². The molecule has 0 saturated carbocycles. The van der Waals surface area contributed by atoms with Crippen LogP contribution >= 0.6 is 0 Å². The molecule has 0 aromatic heterocycles. The van der Waals surface area contributed by atoms with Crippen LogP contribution in [0.4, 0.5) is 4.79 Å². The molecule has 5 nitrogen and oxygen atoms in total. The molecule has 1 N–H and O–H groups in total. The van der Waals surface area contributed by atoms with E-state index in [1.165, 1.54) is 4.90 Å². The van der Waals surface area contributed by atoms with E-state index in [2.05, 4.69) is 18.1 Å². The molecule has 2 aliphatic rings. The molecule has 2 aromatic carbocycles. The van der Waals surface area contributed by atoms with Crippen LogP contribution in [0.5, 0.6) is 0 Å². The van der Waals surface area contributed by atoms with E-state index in [4.69, 9.17) is 11.2 Å². The van der Waals surface area contributed by atoms with Crippen LogP contribution in [0.15, 0.2) is 48.5 Å². The third kappa shape index (κ3) is 2.34. The summed E-state index contributed by atoms with van der Waals surface area (Å²) < 4.78 is 5.49. The Morgan fingerprint density at radius 2 is 1.65 bits per heavy atom. The second kappa shape index (κ2) is 5.92. The van der Waals surface area contributed by atoms with Gasteiger partial charge in [0.25, 0.3) is 0 Å². The first kappa shape index (κ1) is 16.2. The summed E-state index contributed by atoms with van der Waals surface area (Å²) in [6, 6.07) is 16.2. The Morgan fingerprint density at radius 3 is 2.15 bits per heavy atom. The summed E-state index contributed by atoms with van der Waals surface area (Å²) in [7, 11) is 0. The van der Waals surface area contributed by atoms with Gasteiger partial charge >= 0.3 is 12.1 Å². The summed E-state index contributed by atoms with van der Waals surface area (Å²) in [5, 5.41) is 9.18. The van der Waals surface area contributed by atoms with Gasteiger partial charge in [-0.15, -0.1) is 6.42 Å². The molecule has 1 aliphatic carbocycles. The van der Waals surface area contributed by atoms with Crippen LogP contribution in [0.2, 0.25) is 0 Å². The third-order valence-electron chi connectivity index (χ3n) is 5.20. The summed E-state index contributed by atoms with van der Waals surface area (Å²) in [5.41, 5.74) is 3.30. The Bertz CT molecular complexity index is 892. The predicted octanol–water partition coefficient (Wildman–Crippen LogP) is 2.96. The van der Waals surface area contributed by atoms with E-state index < -0.39 is 17.5 Å². The summed E-state index contributed by atoms with van der Waals surface area (Å²) in [5.74, 6) is 1.17. The Hall–Kier alpha value is -3.26. The number of carboxylic acid groups (broad SMARTS) is 1. The van der Waals surface area contributed by atoms with E-state index in [1.54, 1.807) is 0 Å². The predicted molar refractivity (Wildman–Crippen MR) is 95.5 cm³/mol. The molecule has 1 fully saturated rings. The first-order valence-corrected chi connectivity index (χ1v) is 8.37. The van der Waals surface area contributed by atoms with Crippen molar-refractivity contribution in [2.75, 3.05) is 19.7 Å². The maximum absolute atomic E-state index is 12.3. The molecule has 0 atom stereocenters. The molecule has 1 heterocycles. The summed E-state index contributed by atoms with van der Waals surface area (Å²) in [6.45, 7) is 0.171. The molecule has 26 heavy (non-hydrogen) atoms. The van der Waals surface area contributed by atoms with Crippen molar-refractivity contribution in [1.82, 2.24) is 4.90 Å². The fraction of sp³-hybridized carbons (Fsp3) is 0.238. The molecular formula is C21H17NO4. The van der Waals surface area contributed by atoms with Gasteiger partial charge in [0.2, 0.25) is 0 Å². The zero-order valence-electron chi connectivity index (χ0n) is 14.0. The van der Waals surface area contributed by atoms with E-state index in [0.29, 0.717) is 0 Å². The number of aliphatic carboxylic acids is 1. The van der Waals surface area contributed by atoms with Gasteiger partial charge in [0.15, 0.2) is 5.41 Å². The number of amides is 1. The second-order valence-corrected chi connectivity index (χ2v) is 6.69. The Kier molecular flexibility index (Phi) is 3.69. The maximum Gasteiger partial charge on any atom is 0.409 e. The van der Waals surface area contributed by atoms with Crippen LogP contribution < -0.4 is 0 Å². The monoisotopic (exact) mass is 347 g/mol. The molecule has 0 unspecified atom stereocenters. The fourth-order valence-electron chi connectivity index (χ4n) is 3.71. The van der Waals surface area contributed by atoms with Crippen LogP contribution in [0.1, 0.15) is 17.0 Å². The van der Waals surface area contributed by atoms with Crippen molar-refractivity contribution in [2.24, 2.45) is 5.41 Å². The highest BCUT2D eigenvalue weighted by Gasteiger charge is 2.51. The molecule has 0 radical (unpaired) electrons. The number of carboxylic acids is 1. The van der Waals surface area contributed by atoms with E-state index >= 15 is 0 Å².